The number of hydrogen-bond acceptors (Lipinski definition) is 4. The molecule has 0 atom stereocenters. The molecule has 0 saturated carbocycles. The Morgan fingerprint density at radius 3 is 2.39 bits per heavy atom. The Labute approximate surface area is 164 Å². The lowest BCUT2D eigenvalue weighted by molar-refractivity contribution is -0.118. The van der Waals surface area contributed by atoms with Crippen LogP contribution in [0.5, 0.6) is 11.5 Å². The second-order valence-electron chi connectivity index (χ2n) is 6.56. The molecule has 0 unspecified atom stereocenters. The summed E-state index contributed by atoms with van der Waals surface area (Å²) in [6.45, 7) is 0. The van der Waals surface area contributed by atoms with Crippen LogP contribution in [0.15, 0.2) is 72.8 Å². The molecule has 0 aliphatic heterocycles. The first kappa shape index (κ1) is 19.4. The topological polar surface area (TPSA) is 63.6 Å². The monoisotopic (exact) mass is 374 g/mol. The van der Waals surface area contributed by atoms with Crippen LogP contribution in [-0.2, 0) is 11.2 Å². The van der Waals surface area contributed by atoms with Gasteiger partial charge in [0.2, 0.25) is 0 Å². The average molecular weight is 374 g/mol. The maximum absolute atomic E-state index is 12.7. The van der Waals surface area contributed by atoms with Crippen molar-refractivity contribution in [3.8, 4) is 22.6 Å². The molecule has 4 heteroatoms. The Bertz CT molecular complexity index is 977. The van der Waals surface area contributed by atoms with E-state index in [2.05, 4.69) is 0 Å². The van der Waals surface area contributed by atoms with Gasteiger partial charge in [0.15, 0.2) is 17.3 Å². The van der Waals surface area contributed by atoms with Gasteiger partial charge in [-0.2, -0.15) is 0 Å². The third-order valence-corrected chi connectivity index (χ3v) is 4.61. The molecule has 0 spiro atoms. The van der Waals surface area contributed by atoms with Gasteiger partial charge in [-0.1, -0.05) is 60.7 Å². The highest BCUT2D eigenvalue weighted by Crippen LogP contribution is 2.27. The van der Waals surface area contributed by atoms with E-state index in [-0.39, 0.29) is 30.2 Å². The smallest absolute Gasteiger partial charge is 0.170 e. The number of Topliss-reactive ketones (excluding diaryl/α,β-unsaturated/α-hetero) is 2. The molecule has 0 heterocycles. The number of benzene rings is 3. The third kappa shape index (κ3) is 4.65. The zero-order valence-corrected chi connectivity index (χ0v) is 15.7. The predicted molar refractivity (Wildman–Crippen MR) is 109 cm³/mol. The van der Waals surface area contributed by atoms with Gasteiger partial charge in [0.1, 0.15) is 5.78 Å². The van der Waals surface area contributed by atoms with Gasteiger partial charge >= 0.3 is 0 Å². The molecule has 1 N–H and O–H groups in total. The van der Waals surface area contributed by atoms with Crippen molar-refractivity contribution in [1.82, 2.24) is 0 Å². The summed E-state index contributed by atoms with van der Waals surface area (Å²) in [7, 11) is 1.48. The maximum Gasteiger partial charge on any atom is 0.170 e. The molecule has 3 aromatic carbocycles. The second-order valence-corrected chi connectivity index (χ2v) is 6.56. The summed E-state index contributed by atoms with van der Waals surface area (Å²) in [6.07, 6.45) is 0.620. The van der Waals surface area contributed by atoms with Crippen LogP contribution in [0.3, 0.4) is 0 Å². The summed E-state index contributed by atoms with van der Waals surface area (Å²) in [5.74, 6) is 0.149. The summed E-state index contributed by atoms with van der Waals surface area (Å²) >= 11 is 0. The van der Waals surface area contributed by atoms with Gasteiger partial charge in [0, 0.05) is 12.0 Å². The van der Waals surface area contributed by atoms with E-state index in [4.69, 9.17) is 4.74 Å². The van der Waals surface area contributed by atoms with E-state index in [0.717, 1.165) is 16.7 Å². The number of methoxy groups -OCH3 is 1. The summed E-state index contributed by atoms with van der Waals surface area (Å²) in [6, 6.07) is 22.0. The lowest BCUT2D eigenvalue weighted by Crippen LogP contribution is -2.10. The number of aryl methyl sites for hydroxylation is 1. The van der Waals surface area contributed by atoms with Crippen molar-refractivity contribution >= 4 is 11.6 Å². The predicted octanol–water partition coefficient (Wildman–Crippen LogP) is 4.84. The summed E-state index contributed by atoms with van der Waals surface area (Å²) < 4.78 is 5.08. The molecule has 0 amide bonds. The van der Waals surface area contributed by atoms with Gasteiger partial charge in [-0.15, -0.1) is 0 Å². The molecule has 3 rings (SSSR count). The highest BCUT2D eigenvalue weighted by Gasteiger charge is 2.16. The Balaban J connectivity index is 1.66. The first-order chi connectivity index (χ1) is 13.6. The third-order valence-electron chi connectivity index (χ3n) is 4.61. The fourth-order valence-corrected chi connectivity index (χ4v) is 3.12. The van der Waals surface area contributed by atoms with Crippen LogP contribution in [0.1, 0.15) is 28.8 Å². The molecule has 0 aromatic heterocycles. The number of rotatable bonds is 8. The maximum atomic E-state index is 12.7. The first-order valence-corrected chi connectivity index (χ1v) is 9.13. The minimum atomic E-state index is -0.173. The molecule has 3 aromatic rings. The number of ether oxygens (including phenoxy) is 1. The minimum absolute atomic E-state index is 0.0604. The number of phenolic OH excluding ortho intramolecular Hbond substituents is 1. The number of phenols is 1. The second kappa shape index (κ2) is 9.00. The Morgan fingerprint density at radius 1 is 0.929 bits per heavy atom. The van der Waals surface area contributed by atoms with Gasteiger partial charge in [-0.25, -0.2) is 0 Å². The Hall–Kier alpha value is -3.40. The number of carbonyl (C=O) groups excluding carboxylic acids is 2. The quantitative estimate of drug-likeness (QED) is 0.452. The van der Waals surface area contributed by atoms with Crippen molar-refractivity contribution in [3.63, 3.8) is 0 Å². The van der Waals surface area contributed by atoms with E-state index >= 15 is 0 Å². The molecular formula is C24H22O4. The van der Waals surface area contributed by atoms with Crippen LogP contribution in [0.4, 0.5) is 0 Å². The van der Waals surface area contributed by atoms with Crippen LogP contribution in [0.2, 0.25) is 0 Å². The van der Waals surface area contributed by atoms with E-state index in [1.165, 1.54) is 7.11 Å². The Morgan fingerprint density at radius 2 is 1.64 bits per heavy atom. The van der Waals surface area contributed by atoms with Gasteiger partial charge < -0.3 is 9.84 Å². The van der Waals surface area contributed by atoms with E-state index in [0.29, 0.717) is 17.7 Å². The number of ketones is 2. The van der Waals surface area contributed by atoms with Crippen LogP contribution < -0.4 is 4.74 Å². The van der Waals surface area contributed by atoms with Crippen LogP contribution in [0.25, 0.3) is 11.1 Å². The van der Waals surface area contributed by atoms with Crippen molar-refractivity contribution in [2.45, 2.75) is 19.3 Å². The van der Waals surface area contributed by atoms with Crippen LogP contribution in [-0.4, -0.2) is 23.8 Å². The van der Waals surface area contributed by atoms with Crippen LogP contribution in [0, 0.1) is 0 Å². The molecule has 0 fully saturated rings. The fourth-order valence-electron chi connectivity index (χ4n) is 3.12. The van der Waals surface area contributed by atoms with E-state index in [1.54, 1.807) is 24.3 Å². The van der Waals surface area contributed by atoms with E-state index in [9.17, 15) is 14.7 Å². The zero-order valence-electron chi connectivity index (χ0n) is 15.7. The van der Waals surface area contributed by atoms with Crippen molar-refractivity contribution in [2.75, 3.05) is 7.11 Å². The highest BCUT2D eigenvalue weighted by molar-refractivity contribution is 6.11. The SMILES string of the molecule is COc1cc(CCC(=O)CC(=O)c2ccccc2-c2ccccc2)ccc1O. The van der Waals surface area contributed by atoms with E-state index < -0.39 is 0 Å². The molecule has 0 radical (unpaired) electrons. The highest BCUT2D eigenvalue weighted by atomic mass is 16.5. The van der Waals surface area contributed by atoms with Crippen molar-refractivity contribution in [3.05, 3.63) is 83.9 Å². The van der Waals surface area contributed by atoms with Gasteiger partial charge in [0.25, 0.3) is 0 Å². The first-order valence-electron chi connectivity index (χ1n) is 9.13. The molecule has 0 saturated heterocycles. The van der Waals surface area contributed by atoms with Gasteiger partial charge in [0.05, 0.1) is 13.5 Å². The number of hydrogen-bond donors (Lipinski definition) is 1. The van der Waals surface area contributed by atoms with Gasteiger partial charge in [-0.05, 0) is 35.2 Å². The van der Waals surface area contributed by atoms with Crippen molar-refractivity contribution in [1.29, 1.82) is 0 Å². The minimum Gasteiger partial charge on any atom is -0.504 e. The lowest BCUT2D eigenvalue weighted by atomic mass is 9.94. The standard InChI is InChI=1S/C24H22O4/c1-28-24-15-17(12-14-22(24)26)11-13-19(25)16-23(27)21-10-6-5-9-20(21)18-7-3-2-4-8-18/h2-10,12,14-15,26H,11,13,16H2,1H3. The molecule has 0 aliphatic rings. The van der Waals surface area contributed by atoms with Gasteiger partial charge in [-0.3, -0.25) is 9.59 Å². The zero-order chi connectivity index (χ0) is 19.9. The summed E-state index contributed by atoms with van der Waals surface area (Å²) in [5.41, 5.74) is 3.23. The number of aromatic hydroxyl groups is 1. The summed E-state index contributed by atoms with van der Waals surface area (Å²) in [5, 5.41) is 9.64. The average Bonchev–Trinajstić information content (AvgIpc) is 2.73. The van der Waals surface area contributed by atoms with E-state index in [1.807, 2.05) is 48.5 Å². The lowest BCUT2D eigenvalue weighted by Gasteiger charge is -2.09. The fraction of sp³-hybridized carbons (Fsp3) is 0.167. The molecule has 142 valence electrons. The molecule has 0 aliphatic carbocycles. The largest absolute Gasteiger partial charge is 0.504 e. The molecule has 0 bridgehead atoms. The Kier molecular flexibility index (Phi) is 6.22. The van der Waals surface area contributed by atoms with Crippen molar-refractivity contribution in [2.24, 2.45) is 0 Å². The molecular weight excluding hydrogens is 352 g/mol. The summed E-state index contributed by atoms with van der Waals surface area (Å²) in [4.78, 5) is 25.1. The molecule has 4 nitrogen and oxygen atoms in total. The number of carbonyl (C=O) groups is 2. The van der Waals surface area contributed by atoms with Crippen LogP contribution >= 0.6 is 0 Å². The van der Waals surface area contributed by atoms with Crippen molar-refractivity contribution < 1.29 is 19.4 Å². The normalized spacial score (nSPS) is 10.5. The molecule has 28 heavy (non-hydrogen) atoms.